The van der Waals surface area contributed by atoms with Gasteiger partial charge in [0.25, 0.3) is 10.1 Å². The normalized spacial score (nSPS) is 12.1. The summed E-state index contributed by atoms with van der Waals surface area (Å²) in [5, 5.41) is 19.8. The zero-order valence-corrected chi connectivity index (χ0v) is 14.9. The van der Waals surface area contributed by atoms with Gasteiger partial charge in [0, 0.05) is 11.1 Å². The predicted octanol–water partition coefficient (Wildman–Crippen LogP) is 4.41. The molecule has 0 saturated carbocycles. The molecule has 0 aliphatic heterocycles. The lowest BCUT2D eigenvalue weighted by Crippen LogP contribution is -1.98. The third-order valence-electron chi connectivity index (χ3n) is 3.95. The van der Waals surface area contributed by atoms with Crippen molar-refractivity contribution >= 4 is 38.0 Å². The number of nitrogens with zero attached hydrogens (tertiary/aromatic N) is 2. The average molecular weight is 371 g/mol. The van der Waals surface area contributed by atoms with Gasteiger partial charge in [-0.3, -0.25) is 4.55 Å². The van der Waals surface area contributed by atoms with Gasteiger partial charge in [0.1, 0.15) is 16.3 Å². The van der Waals surface area contributed by atoms with Crippen LogP contribution in [0.15, 0.2) is 57.6 Å². The van der Waals surface area contributed by atoms with Crippen LogP contribution in [-0.4, -0.2) is 18.1 Å². The molecule has 0 aliphatic carbocycles. The van der Waals surface area contributed by atoms with Gasteiger partial charge in [-0.2, -0.15) is 8.42 Å². The Morgan fingerprint density at radius 1 is 1.00 bits per heavy atom. The zero-order valence-electron chi connectivity index (χ0n) is 14.1. The lowest BCUT2D eigenvalue weighted by Gasteiger charge is -2.08. The molecule has 0 heterocycles. The highest BCUT2D eigenvalue weighted by molar-refractivity contribution is 7.86. The van der Waals surface area contributed by atoms with Crippen molar-refractivity contribution in [3.8, 4) is 5.75 Å². The van der Waals surface area contributed by atoms with E-state index in [-0.39, 0.29) is 22.0 Å². The number of phenols is 1. The Morgan fingerprint density at radius 2 is 1.73 bits per heavy atom. The Bertz CT molecular complexity index is 1150. The standard InChI is InChI=1S/C18H17N3O4S/c1-10-3-6-15(16(7-10)26(23,24)25)20-21-17-11(2)8-12-4-5-13(19)9-14(12)18(17)22/h3-9,22H,19H2,1-2H3,(H,23,24,25). The van der Waals surface area contributed by atoms with Gasteiger partial charge >= 0.3 is 0 Å². The molecule has 3 aromatic carbocycles. The zero-order chi connectivity index (χ0) is 19.1. The van der Waals surface area contributed by atoms with E-state index in [9.17, 15) is 18.1 Å². The molecule has 0 aromatic heterocycles. The molecule has 0 fully saturated rings. The molecule has 134 valence electrons. The second-order valence-electron chi connectivity index (χ2n) is 6.02. The summed E-state index contributed by atoms with van der Waals surface area (Å²) in [6.07, 6.45) is 0. The SMILES string of the molecule is Cc1ccc(N=Nc2c(C)cc3ccc(N)cc3c2O)c(S(=O)(=O)O)c1. The number of anilines is 1. The molecule has 3 aromatic rings. The third-order valence-corrected chi connectivity index (χ3v) is 4.84. The van der Waals surface area contributed by atoms with Crippen molar-refractivity contribution in [2.24, 2.45) is 10.2 Å². The van der Waals surface area contributed by atoms with E-state index in [2.05, 4.69) is 10.2 Å². The van der Waals surface area contributed by atoms with Crippen LogP contribution < -0.4 is 5.73 Å². The molecular formula is C18H17N3O4S. The van der Waals surface area contributed by atoms with Crippen molar-refractivity contribution in [2.75, 3.05) is 5.73 Å². The summed E-state index contributed by atoms with van der Waals surface area (Å²) < 4.78 is 32.5. The fraction of sp³-hybridized carbons (Fsp3) is 0.111. The van der Waals surface area contributed by atoms with Crippen LogP contribution >= 0.6 is 0 Å². The maximum absolute atomic E-state index is 11.6. The number of nitrogens with two attached hydrogens (primary N) is 1. The topological polar surface area (TPSA) is 125 Å². The number of hydrogen-bond donors (Lipinski definition) is 3. The van der Waals surface area contributed by atoms with E-state index in [0.29, 0.717) is 22.2 Å². The number of fused-ring (bicyclic) bond motifs is 1. The van der Waals surface area contributed by atoms with Gasteiger partial charge < -0.3 is 10.8 Å². The van der Waals surface area contributed by atoms with Gasteiger partial charge in [-0.15, -0.1) is 10.2 Å². The molecular weight excluding hydrogens is 354 g/mol. The Labute approximate surface area is 150 Å². The van der Waals surface area contributed by atoms with Crippen molar-refractivity contribution in [2.45, 2.75) is 18.7 Å². The fourth-order valence-electron chi connectivity index (χ4n) is 2.66. The quantitative estimate of drug-likeness (QED) is 0.357. The highest BCUT2D eigenvalue weighted by Crippen LogP contribution is 2.40. The Balaban J connectivity index is 2.16. The molecule has 0 bridgehead atoms. The van der Waals surface area contributed by atoms with Crippen molar-refractivity contribution < 1.29 is 18.1 Å². The molecule has 0 aliphatic rings. The number of nitrogen functional groups attached to an aromatic ring is 1. The minimum Gasteiger partial charge on any atom is -0.505 e. The number of benzene rings is 3. The molecule has 26 heavy (non-hydrogen) atoms. The molecule has 8 heteroatoms. The van der Waals surface area contributed by atoms with E-state index < -0.39 is 10.1 Å². The summed E-state index contributed by atoms with van der Waals surface area (Å²) in [4.78, 5) is -0.344. The Morgan fingerprint density at radius 3 is 2.42 bits per heavy atom. The lowest BCUT2D eigenvalue weighted by molar-refractivity contribution is 0.482. The van der Waals surface area contributed by atoms with Crippen molar-refractivity contribution in [3.05, 3.63) is 53.6 Å². The Kier molecular flexibility index (Phi) is 4.39. The van der Waals surface area contributed by atoms with Crippen LogP contribution in [0.25, 0.3) is 10.8 Å². The largest absolute Gasteiger partial charge is 0.505 e. The molecule has 0 atom stereocenters. The van der Waals surface area contributed by atoms with E-state index in [1.54, 1.807) is 38.1 Å². The van der Waals surface area contributed by atoms with E-state index in [4.69, 9.17) is 5.73 Å². The fourth-order valence-corrected chi connectivity index (χ4v) is 3.37. The van der Waals surface area contributed by atoms with E-state index in [1.165, 1.54) is 12.1 Å². The number of azo groups is 1. The molecule has 7 nitrogen and oxygen atoms in total. The van der Waals surface area contributed by atoms with Gasteiger partial charge in [0.05, 0.1) is 0 Å². The first-order valence-electron chi connectivity index (χ1n) is 7.68. The monoisotopic (exact) mass is 371 g/mol. The highest BCUT2D eigenvalue weighted by Gasteiger charge is 2.16. The van der Waals surface area contributed by atoms with Crippen molar-refractivity contribution in [1.29, 1.82) is 0 Å². The lowest BCUT2D eigenvalue weighted by atomic mass is 10.0. The van der Waals surface area contributed by atoms with Crippen LogP contribution in [0.5, 0.6) is 5.75 Å². The van der Waals surface area contributed by atoms with Gasteiger partial charge in [-0.05, 0) is 60.7 Å². The molecule has 4 N–H and O–H groups in total. The first kappa shape index (κ1) is 17.8. The van der Waals surface area contributed by atoms with Crippen molar-refractivity contribution in [1.82, 2.24) is 0 Å². The summed E-state index contributed by atoms with van der Waals surface area (Å²) >= 11 is 0. The molecule has 3 rings (SSSR count). The second-order valence-corrected chi connectivity index (χ2v) is 7.41. The van der Waals surface area contributed by atoms with Crippen LogP contribution in [0.3, 0.4) is 0 Å². The summed E-state index contributed by atoms with van der Waals surface area (Å²) in [6, 6.07) is 11.4. The molecule has 0 amide bonds. The summed E-state index contributed by atoms with van der Waals surface area (Å²) in [6.45, 7) is 3.45. The van der Waals surface area contributed by atoms with Gasteiger partial charge in [0.15, 0.2) is 5.75 Å². The van der Waals surface area contributed by atoms with Crippen LogP contribution in [0.4, 0.5) is 17.1 Å². The predicted molar refractivity (Wildman–Crippen MR) is 99.9 cm³/mol. The summed E-state index contributed by atoms with van der Waals surface area (Å²) in [5.41, 5.74) is 7.74. The van der Waals surface area contributed by atoms with Crippen LogP contribution in [0.2, 0.25) is 0 Å². The first-order valence-corrected chi connectivity index (χ1v) is 9.12. The van der Waals surface area contributed by atoms with Gasteiger partial charge in [-0.1, -0.05) is 12.1 Å². The summed E-state index contributed by atoms with van der Waals surface area (Å²) in [5.74, 6) is -0.100. The van der Waals surface area contributed by atoms with E-state index >= 15 is 0 Å². The Hall–Kier alpha value is -2.97. The maximum atomic E-state index is 11.6. The number of aromatic hydroxyl groups is 1. The number of rotatable bonds is 3. The average Bonchev–Trinajstić information content (AvgIpc) is 2.55. The molecule has 0 saturated heterocycles. The smallest absolute Gasteiger partial charge is 0.296 e. The van der Waals surface area contributed by atoms with Gasteiger partial charge in [-0.25, -0.2) is 0 Å². The molecule has 0 unspecified atom stereocenters. The number of phenolic OH excluding ortho intramolecular Hbond substituents is 1. The van der Waals surface area contributed by atoms with E-state index in [1.807, 2.05) is 6.07 Å². The maximum Gasteiger partial charge on any atom is 0.296 e. The highest BCUT2D eigenvalue weighted by atomic mass is 32.2. The van der Waals surface area contributed by atoms with Crippen LogP contribution in [0.1, 0.15) is 11.1 Å². The van der Waals surface area contributed by atoms with Crippen molar-refractivity contribution in [3.63, 3.8) is 0 Å². The molecule has 0 spiro atoms. The number of aryl methyl sites for hydroxylation is 2. The number of hydrogen-bond acceptors (Lipinski definition) is 6. The second kappa shape index (κ2) is 6.40. The van der Waals surface area contributed by atoms with Crippen LogP contribution in [0, 0.1) is 13.8 Å². The minimum absolute atomic E-state index is 0.0235. The first-order chi connectivity index (χ1) is 12.2. The molecule has 0 radical (unpaired) electrons. The van der Waals surface area contributed by atoms with E-state index in [0.717, 1.165) is 5.39 Å². The van der Waals surface area contributed by atoms with Crippen LogP contribution in [-0.2, 0) is 10.1 Å². The van der Waals surface area contributed by atoms with Gasteiger partial charge in [0.2, 0.25) is 0 Å². The third kappa shape index (κ3) is 3.37. The minimum atomic E-state index is -4.45. The summed E-state index contributed by atoms with van der Waals surface area (Å²) in [7, 11) is -4.45.